The molecule has 0 heterocycles. The van der Waals surface area contributed by atoms with Gasteiger partial charge in [0.15, 0.2) is 5.78 Å². The maximum Gasteiger partial charge on any atom is 0.338 e. The molecule has 1 aliphatic carbocycles. The van der Waals surface area contributed by atoms with Crippen LogP contribution in [0, 0.1) is 11.8 Å². The highest BCUT2D eigenvalue weighted by molar-refractivity contribution is 14.1. The molecule has 0 saturated heterocycles. The van der Waals surface area contributed by atoms with Crippen LogP contribution in [0.25, 0.3) is 0 Å². The summed E-state index contributed by atoms with van der Waals surface area (Å²) in [6, 6.07) is 9.04. The predicted molar refractivity (Wildman–Crippen MR) is 90.6 cm³/mol. The van der Waals surface area contributed by atoms with E-state index < -0.39 is 0 Å². The van der Waals surface area contributed by atoms with E-state index in [9.17, 15) is 9.59 Å². The van der Waals surface area contributed by atoms with E-state index in [1.54, 1.807) is 18.2 Å². The van der Waals surface area contributed by atoms with E-state index in [1.807, 2.05) is 25.1 Å². The molecule has 2 unspecified atom stereocenters. The number of rotatable bonds is 5. The van der Waals surface area contributed by atoms with Crippen molar-refractivity contribution in [2.45, 2.75) is 19.8 Å². The number of hydrogen-bond donors (Lipinski definition) is 0. The molecule has 0 amide bonds. The first-order valence-corrected chi connectivity index (χ1v) is 8.63. The lowest BCUT2D eigenvalue weighted by Crippen LogP contribution is -2.27. The summed E-state index contributed by atoms with van der Waals surface area (Å²) in [6.07, 6.45) is 3.20. The number of esters is 1. The number of ether oxygens (including phenoxy) is 1. The molecule has 1 aliphatic rings. The van der Waals surface area contributed by atoms with Gasteiger partial charge in [0.1, 0.15) is 0 Å². The smallest absolute Gasteiger partial charge is 0.338 e. The fourth-order valence-electron chi connectivity index (χ4n) is 2.67. The van der Waals surface area contributed by atoms with Gasteiger partial charge < -0.3 is 4.74 Å². The van der Waals surface area contributed by atoms with Crippen molar-refractivity contribution in [2.75, 3.05) is 11.0 Å². The zero-order valence-corrected chi connectivity index (χ0v) is 14.2. The largest absolute Gasteiger partial charge is 0.462 e. The molecule has 1 aromatic carbocycles. The number of allylic oxidation sites excluding steroid dienone is 2. The number of carbonyl (C=O) groups excluding carboxylic acids is 2. The van der Waals surface area contributed by atoms with Gasteiger partial charge in [-0.15, -0.1) is 0 Å². The quantitative estimate of drug-likeness (QED) is 0.430. The molecule has 2 rings (SSSR count). The van der Waals surface area contributed by atoms with Crippen LogP contribution in [0.2, 0.25) is 0 Å². The highest BCUT2D eigenvalue weighted by Crippen LogP contribution is 2.31. The Morgan fingerprint density at radius 1 is 1.38 bits per heavy atom. The summed E-state index contributed by atoms with van der Waals surface area (Å²) < 4.78 is 6.36. The first kappa shape index (κ1) is 16.2. The van der Waals surface area contributed by atoms with Crippen molar-refractivity contribution in [3.63, 3.8) is 0 Å². The predicted octanol–water partition coefficient (Wildman–Crippen LogP) is 3.82. The first-order chi connectivity index (χ1) is 10.1. The second-order valence-corrected chi connectivity index (χ2v) is 6.26. The van der Waals surface area contributed by atoms with Crippen molar-refractivity contribution in [1.82, 2.24) is 0 Å². The van der Waals surface area contributed by atoms with Crippen molar-refractivity contribution < 1.29 is 14.3 Å². The fourth-order valence-corrected chi connectivity index (χ4v) is 3.54. The Bertz CT molecular complexity index is 536. The lowest BCUT2D eigenvalue weighted by Gasteiger charge is -2.28. The fraction of sp³-hybridized carbons (Fsp3) is 0.412. The molecule has 2 atom stereocenters. The van der Waals surface area contributed by atoms with E-state index in [0.717, 1.165) is 16.4 Å². The van der Waals surface area contributed by atoms with Gasteiger partial charge in [0.05, 0.1) is 12.2 Å². The molecule has 0 aromatic heterocycles. The first-order valence-electron chi connectivity index (χ1n) is 7.11. The van der Waals surface area contributed by atoms with E-state index >= 15 is 0 Å². The van der Waals surface area contributed by atoms with Gasteiger partial charge >= 0.3 is 5.97 Å². The van der Waals surface area contributed by atoms with Gasteiger partial charge in [-0.1, -0.05) is 46.4 Å². The zero-order chi connectivity index (χ0) is 15.2. The molecule has 3 nitrogen and oxygen atoms in total. The minimum atomic E-state index is -0.279. The standard InChI is InChI=1S/C17H19IO3/c1-12-9-15(19)7-8-16(12)14(10-18)11-21-17(20)13-5-3-2-4-6-13/h2-6,9,14,16H,7-8,10-11H2,1H3. The number of benzene rings is 1. The van der Waals surface area contributed by atoms with E-state index in [4.69, 9.17) is 4.74 Å². The number of hydrogen-bond acceptors (Lipinski definition) is 3. The molecule has 0 saturated carbocycles. The number of ketones is 1. The lowest BCUT2D eigenvalue weighted by atomic mass is 9.80. The van der Waals surface area contributed by atoms with Crippen LogP contribution in [0.15, 0.2) is 42.0 Å². The summed E-state index contributed by atoms with van der Waals surface area (Å²) in [7, 11) is 0. The molecule has 0 spiro atoms. The number of carbonyl (C=O) groups is 2. The molecule has 21 heavy (non-hydrogen) atoms. The van der Waals surface area contributed by atoms with Crippen molar-refractivity contribution in [3.05, 3.63) is 47.5 Å². The van der Waals surface area contributed by atoms with Crippen LogP contribution >= 0.6 is 22.6 Å². The van der Waals surface area contributed by atoms with E-state index in [1.165, 1.54) is 0 Å². The summed E-state index contributed by atoms with van der Waals surface area (Å²) in [6.45, 7) is 2.40. The van der Waals surface area contributed by atoms with Gasteiger partial charge in [0.2, 0.25) is 0 Å². The molecular formula is C17H19IO3. The zero-order valence-electron chi connectivity index (χ0n) is 12.0. The highest BCUT2D eigenvalue weighted by Gasteiger charge is 2.27. The van der Waals surface area contributed by atoms with Gasteiger partial charge in [-0.2, -0.15) is 0 Å². The van der Waals surface area contributed by atoms with Crippen LogP contribution in [0.4, 0.5) is 0 Å². The molecule has 0 N–H and O–H groups in total. The van der Waals surface area contributed by atoms with Crippen LogP contribution in [0.3, 0.4) is 0 Å². The monoisotopic (exact) mass is 398 g/mol. The Morgan fingerprint density at radius 2 is 2.10 bits per heavy atom. The van der Waals surface area contributed by atoms with Crippen molar-refractivity contribution in [1.29, 1.82) is 0 Å². The maximum absolute atomic E-state index is 12.0. The van der Waals surface area contributed by atoms with E-state index in [2.05, 4.69) is 22.6 Å². The van der Waals surface area contributed by atoms with Crippen LogP contribution in [0.5, 0.6) is 0 Å². The molecule has 1 aromatic rings. The van der Waals surface area contributed by atoms with Crippen molar-refractivity contribution in [3.8, 4) is 0 Å². The Hall–Kier alpha value is -1.17. The topological polar surface area (TPSA) is 43.4 Å². The van der Waals surface area contributed by atoms with Gasteiger partial charge in [0.25, 0.3) is 0 Å². The molecule has 0 radical (unpaired) electrons. The Labute approximate surface area is 138 Å². The minimum Gasteiger partial charge on any atom is -0.462 e. The Morgan fingerprint density at radius 3 is 2.71 bits per heavy atom. The van der Waals surface area contributed by atoms with Crippen molar-refractivity contribution in [2.24, 2.45) is 11.8 Å². The molecule has 0 aliphatic heterocycles. The molecule has 112 valence electrons. The van der Waals surface area contributed by atoms with Gasteiger partial charge in [0, 0.05) is 16.8 Å². The molecule has 4 heteroatoms. The summed E-state index contributed by atoms with van der Waals surface area (Å²) >= 11 is 2.33. The van der Waals surface area contributed by atoms with E-state index in [-0.39, 0.29) is 17.7 Å². The maximum atomic E-state index is 12.0. The van der Waals surface area contributed by atoms with Gasteiger partial charge in [-0.05, 0) is 37.5 Å². The summed E-state index contributed by atoms with van der Waals surface area (Å²) in [4.78, 5) is 23.4. The second kappa shape index (κ2) is 7.73. The van der Waals surface area contributed by atoms with Crippen LogP contribution < -0.4 is 0 Å². The normalized spacial score (nSPS) is 19.8. The third kappa shape index (κ3) is 4.40. The second-order valence-electron chi connectivity index (χ2n) is 5.38. The van der Waals surface area contributed by atoms with E-state index in [0.29, 0.717) is 24.5 Å². The van der Waals surface area contributed by atoms with Crippen LogP contribution in [0.1, 0.15) is 30.1 Å². The van der Waals surface area contributed by atoms with Crippen LogP contribution in [-0.2, 0) is 9.53 Å². The average molecular weight is 398 g/mol. The summed E-state index contributed by atoms with van der Waals surface area (Å²) in [5, 5.41) is 0. The summed E-state index contributed by atoms with van der Waals surface area (Å²) in [5.41, 5.74) is 1.69. The van der Waals surface area contributed by atoms with Gasteiger partial charge in [-0.25, -0.2) is 4.79 Å². The molecular weight excluding hydrogens is 379 g/mol. The molecule has 0 fully saturated rings. The molecule has 0 bridgehead atoms. The Balaban J connectivity index is 1.96. The highest BCUT2D eigenvalue weighted by atomic mass is 127. The lowest BCUT2D eigenvalue weighted by molar-refractivity contribution is -0.115. The van der Waals surface area contributed by atoms with Gasteiger partial charge in [-0.3, -0.25) is 4.79 Å². The van der Waals surface area contributed by atoms with Crippen molar-refractivity contribution >= 4 is 34.3 Å². The average Bonchev–Trinajstić information content (AvgIpc) is 2.50. The third-order valence-corrected chi connectivity index (χ3v) is 5.01. The number of alkyl halides is 1. The Kier molecular flexibility index (Phi) is 5.96. The summed E-state index contributed by atoms with van der Waals surface area (Å²) in [5.74, 6) is 0.530. The van der Waals surface area contributed by atoms with Crippen LogP contribution in [-0.4, -0.2) is 22.8 Å². The SMILES string of the molecule is CC1=CC(=O)CCC1C(CI)COC(=O)c1ccccc1. The minimum absolute atomic E-state index is 0.206. The number of halogens is 1. The third-order valence-electron chi connectivity index (χ3n) is 3.88.